The molecule has 6 heteroatoms. The van der Waals surface area contributed by atoms with Gasteiger partial charge in [0, 0.05) is 45.7 Å². The first-order chi connectivity index (χ1) is 11.3. The van der Waals surface area contributed by atoms with Crippen molar-refractivity contribution in [1.29, 1.82) is 0 Å². The lowest BCUT2D eigenvalue weighted by Gasteiger charge is -2.34. The average Bonchev–Trinajstić information content (AvgIpc) is 2.51. The summed E-state index contributed by atoms with van der Waals surface area (Å²) in [6, 6.07) is 7.78. The van der Waals surface area contributed by atoms with E-state index in [2.05, 4.69) is 16.8 Å². The highest BCUT2D eigenvalue weighted by Crippen LogP contribution is 2.25. The van der Waals surface area contributed by atoms with Crippen molar-refractivity contribution in [3.63, 3.8) is 0 Å². The molecule has 0 atom stereocenters. The molecule has 0 saturated carbocycles. The molecule has 128 valence electrons. The molecule has 0 aliphatic carbocycles. The van der Waals surface area contributed by atoms with Crippen LogP contribution in [0.15, 0.2) is 29.8 Å². The van der Waals surface area contributed by atoms with Crippen LogP contribution in [0.5, 0.6) is 0 Å². The number of hydrogen-bond acceptors (Lipinski definition) is 6. The molecule has 0 aromatic heterocycles. The third-order valence-electron chi connectivity index (χ3n) is 4.19. The van der Waals surface area contributed by atoms with Gasteiger partial charge >= 0.3 is 11.9 Å². The van der Waals surface area contributed by atoms with Crippen molar-refractivity contribution in [3.05, 3.63) is 35.4 Å². The van der Waals surface area contributed by atoms with Crippen LogP contribution >= 0.6 is 0 Å². The van der Waals surface area contributed by atoms with Crippen molar-refractivity contribution in [2.24, 2.45) is 0 Å². The summed E-state index contributed by atoms with van der Waals surface area (Å²) in [5.74, 6) is -2.52. The zero-order chi connectivity index (χ0) is 17.3. The molecule has 3 rings (SSSR count). The Kier molecular flexibility index (Phi) is 4.32. The quantitative estimate of drug-likeness (QED) is 0.467. The average molecular weight is 330 g/mol. The van der Waals surface area contributed by atoms with Crippen LogP contribution in [-0.4, -0.2) is 55.9 Å². The smallest absolute Gasteiger partial charge is 0.348 e. The highest BCUT2D eigenvalue weighted by Gasteiger charge is 2.38. The summed E-state index contributed by atoms with van der Waals surface area (Å²) in [5, 5.41) is 0. The van der Waals surface area contributed by atoms with E-state index in [1.54, 1.807) is 0 Å². The molecule has 1 aromatic carbocycles. The molecule has 2 heterocycles. The van der Waals surface area contributed by atoms with Crippen molar-refractivity contribution in [2.75, 3.05) is 38.1 Å². The Hall–Kier alpha value is -2.34. The third-order valence-corrected chi connectivity index (χ3v) is 4.19. The van der Waals surface area contributed by atoms with Crippen LogP contribution in [0.1, 0.15) is 19.4 Å². The van der Waals surface area contributed by atoms with Crippen molar-refractivity contribution < 1.29 is 19.1 Å². The third kappa shape index (κ3) is 3.59. The minimum Gasteiger partial charge on any atom is -0.419 e. The number of benzene rings is 1. The monoisotopic (exact) mass is 330 g/mol. The summed E-state index contributed by atoms with van der Waals surface area (Å²) in [4.78, 5) is 28.6. The topological polar surface area (TPSA) is 59.1 Å². The molecule has 6 nitrogen and oxygen atoms in total. The van der Waals surface area contributed by atoms with Crippen LogP contribution in [-0.2, 0) is 19.1 Å². The predicted molar refractivity (Wildman–Crippen MR) is 90.4 cm³/mol. The van der Waals surface area contributed by atoms with E-state index in [0.717, 1.165) is 37.4 Å². The Morgan fingerprint density at radius 3 is 2.04 bits per heavy atom. The van der Waals surface area contributed by atoms with E-state index >= 15 is 0 Å². The van der Waals surface area contributed by atoms with Gasteiger partial charge in [-0.2, -0.15) is 0 Å². The minimum atomic E-state index is -1.21. The fourth-order valence-electron chi connectivity index (χ4n) is 2.79. The van der Waals surface area contributed by atoms with Gasteiger partial charge in [0.15, 0.2) is 0 Å². The normalized spacial score (nSPS) is 21.3. The number of ether oxygens (including phenoxy) is 2. The first-order valence-electron chi connectivity index (χ1n) is 8.06. The molecule has 1 aromatic rings. The molecule has 0 spiro atoms. The molecule has 0 unspecified atom stereocenters. The SMILES string of the molecule is CN1CCN(c2ccc(C=C3C(=O)OC(C)(C)OC3=O)cc2)CC1. The van der Waals surface area contributed by atoms with Crippen LogP contribution in [0.25, 0.3) is 6.08 Å². The van der Waals surface area contributed by atoms with E-state index in [1.165, 1.54) is 19.9 Å². The molecule has 0 amide bonds. The van der Waals surface area contributed by atoms with Gasteiger partial charge in [-0.05, 0) is 30.8 Å². The second-order valence-electron chi connectivity index (χ2n) is 6.62. The van der Waals surface area contributed by atoms with Crippen LogP contribution in [0.3, 0.4) is 0 Å². The lowest BCUT2D eigenvalue weighted by Crippen LogP contribution is -2.44. The number of esters is 2. The Morgan fingerprint density at radius 1 is 0.958 bits per heavy atom. The minimum absolute atomic E-state index is 0.0818. The number of cyclic esters (lactones) is 2. The second kappa shape index (κ2) is 6.28. The van der Waals surface area contributed by atoms with E-state index in [4.69, 9.17) is 9.47 Å². The van der Waals surface area contributed by atoms with Gasteiger partial charge < -0.3 is 19.3 Å². The van der Waals surface area contributed by atoms with Crippen molar-refractivity contribution in [1.82, 2.24) is 4.90 Å². The number of nitrogens with zero attached hydrogens (tertiary/aromatic N) is 2. The number of anilines is 1. The lowest BCUT2D eigenvalue weighted by atomic mass is 10.1. The van der Waals surface area contributed by atoms with E-state index in [1.807, 2.05) is 24.3 Å². The maximum Gasteiger partial charge on any atom is 0.348 e. The van der Waals surface area contributed by atoms with E-state index < -0.39 is 17.7 Å². The summed E-state index contributed by atoms with van der Waals surface area (Å²) >= 11 is 0. The van der Waals surface area contributed by atoms with Gasteiger partial charge in [0.1, 0.15) is 5.57 Å². The molecule has 0 bridgehead atoms. The highest BCUT2D eigenvalue weighted by atomic mass is 16.7. The van der Waals surface area contributed by atoms with Crippen LogP contribution in [0, 0.1) is 0 Å². The standard InChI is InChI=1S/C18H22N2O4/c1-18(2)23-16(21)15(17(22)24-18)12-13-4-6-14(7-5-13)20-10-8-19(3)9-11-20/h4-7,12H,8-11H2,1-3H3. The summed E-state index contributed by atoms with van der Waals surface area (Å²) < 4.78 is 10.2. The van der Waals surface area contributed by atoms with E-state index in [-0.39, 0.29) is 5.57 Å². The summed E-state index contributed by atoms with van der Waals surface area (Å²) in [7, 11) is 2.12. The highest BCUT2D eigenvalue weighted by molar-refractivity contribution is 6.18. The first kappa shape index (κ1) is 16.5. The van der Waals surface area contributed by atoms with Gasteiger partial charge in [0.2, 0.25) is 0 Å². The molecular weight excluding hydrogens is 308 g/mol. The van der Waals surface area contributed by atoms with Crippen molar-refractivity contribution in [3.8, 4) is 0 Å². The van der Waals surface area contributed by atoms with Crippen LogP contribution in [0.4, 0.5) is 5.69 Å². The van der Waals surface area contributed by atoms with Crippen molar-refractivity contribution in [2.45, 2.75) is 19.6 Å². The number of carbonyl (C=O) groups excluding carboxylic acids is 2. The Bertz CT molecular complexity index is 649. The number of rotatable bonds is 2. The molecule has 2 aliphatic rings. The molecule has 0 N–H and O–H groups in total. The zero-order valence-electron chi connectivity index (χ0n) is 14.2. The largest absolute Gasteiger partial charge is 0.419 e. The maximum atomic E-state index is 12.0. The molecular formula is C18H22N2O4. The van der Waals surface area contributed by atoms with E-state index in [9.17, 15) is 9.59 Å². The Morgan fingerprint density at radius 2 is 1.50 bits per heavy atom. The number of hydrogen-bond donors (Lipinski definition) is 0. The van der Waals surface area contributed by atoms with Gasteiger partial charge in [-0.25, -0.2) is 9.59 Å². The lowest BCUT2D eigenvalue weighted by molar-refractivity contribution is -0.222. The fraction of sp³-hybridized carbons (Fsp3) is 0.444. The summed E-state index contributed by atoms with van der Waals surface area (Å²) in [6.45, 7) is 7.13. The first-order valence-corrected chi connectivity index (χ1v) is 8.06. The van der Waals surface area contributed by atoms with Crippen molar-refractivity contribution >= 4 is 23.7 Å². The van der Waals surface area contributed by atoms with Gasteiger partial charge in [-0.3, -0.25) is 0 Å². The predicted octanol–water partition coefficient (Wildman–Crippen LogP) is 1.66. The fourth-order valence-corrected chi connectivity index (χ4v) is 2.79. The number of piperazine rings is 1. The van der Waals surface area contributed by atoms with Crippen LogP contribution < -0.4 is 4.90 Å². The summed E-state index contributed by atoms with van der Waals surface area (Å²) in [6.07, 6.45) is 1.51. The van der Waals surface area contributed by atoms with Crippen LogP contribution in [0.2, 0.25) is 0 Å². The molecule has 0 radical (unpaired) electrons. The van der Waals surface area contributed by atoms with Gasteiger partial charge in [-0.15, -0.1) is 0 Å². The maximum absolute atomic E-state index is 12.0. The molecule has 2 aliphatic heterocycles. The number of likely N-dealkylation sites (N-methyl/N-ethyl adjacent to an activating group) is 1. The number of carbonyl (C=O) groups is 2. The van der Waals surface area contributed by atoms with Gasteiger partial charge in [0.25, 0.3) is 5.79 Å². The Balaban J connectivity index is 1.74. The zero-order valence-corrected chi connectivity index (χ0v) is 14.2. The Labute approximate surface area is 141 Å². The molecule has 2 saturated heterocycles. The van der Waals surface area contributed by atoms with Gasteiger partial charge in [0.05, 0.1) is 0 Å². The van der Waals surface area contributed by atoms with Gasteiger partial charge in [-0.1, -0.05) is 12.1 Å². The molecule has 2 fully saturated rings. The second-order valence-corrected chi connectivity index (χ2v) is 6.62. The van der Waals surface area contributed by atoms with E-state index in [0.29, 0.717) is 0 Å². The summed E-state index contributed by atoms with van der Waals surface area (Å²) in [5.41, 5.74) is 1.82. The molecule has 24 heavy (non-hydrogen) atoms.